The molecule has 0 saturated heterocycles. The Hall–Kier alpha value is -2.30. The van der Waals surface area contributed by atoms with Crippen molar-refractivity contribution in [2.75, 3.05) is 0 Å². The second kappa shape index (κ2) is 5.99. The van der Waals surface area contributed by atoms with Crippen molar-refractivity contribution in [2.24, 2.45) is 10.9 Å². The summed E-state index contributed by atoms with van der Waals surface area (Å²) < 4.78 is 2.04. The van der Waals surface area contributed by atoms with Crippen molar-refractivity contribution in [3.05, 3.63) is 51.8 Å². The first-order valence-corrected chi connectivity index (χ1v) is 7.08. The number of benzene rings is 1. The van der Waals surface area contributed by atoms with Gasteiger partial charge in [-0.3, -0.25) is 4.68 Å². The highest BCUT2D eigenvalue weighted by Gasteiger charge is 2.11. The SMILES string of the molecule is CCc1c(C)nn(Cc2ccc(/C(N)=N/O)cc2C)c1C. The number of rotatable bonds is 4. The number of hydrogen-bond donors (Lipinski definition) is 2. The fraction of sp³-hybridized carbons (Fsp3) is 0.375. The number of hydrogen-bond acceptors (Lipinski definition) is 3. The Morgan fingerprint density at radius 3 is 2.57 bits per heavy atom. The zero-order valence-electron chi connectivity index (χ0n) is 13.0. The number of nitrogens with zero attached hydrogens (tertiary/aromatic N) is 3. The lowest BCUT2D eigenvalue weighted by Crippen LogP contribution is -2.14. The van der Waals surface area contributed by atoms with Gasteiger partial charge in [-0.25, -0.2) is 0 Å². The summed E-state index contributed by atoms with van der Waals surface area (Å²) in [6.45, 7) is 9.07. The fourth-order valence-electron chi connectivity index (χ4n) is 2.65. The van der Waals surface area contributed by atoms with Gasteiger partial charge in [0, 0.05) is 11.3 Å². The number of amidine groups is 1. The molecule has 2 aromatic rings. The van der Waals surface area contributed by atoms with Crippen molar-refractivity contribution in [1.29, 1.82) is 0 Å². The van der Waals surface area contributed by atoms with E-state index < -0.39 is 0 Å². The van der Waals surface area contributed by atoms with E-state index in [9.17, 15) is 0 Å². The second-order valence-corrected chi connectivity index (χ2v) is 5.29. The van der Waals surface area contributed by atoms with Crippen molar-refractivity contribution in [3.8, 4) is 0 Å². The summed E-state index contributed by atoms with van der Waals surface area (Å²) in [5.74, 6) is 0.129. The van der Waals surface area contributed by atoms with Gasteiger partial charge in [0.05, 0.1) is 12.2 Å². The summed E-state index contributed by atoms with van der Waals surface area (Å²) >= 11 is 0. The molecule has 1 aromatic heterocycles. The van der Waals surface area contributed by atoms with Crippen molar-refractivity contribution in [3.63, 3.8) is 0 Å². The molecule has 0 unspecified atom stereocenters. The molecule has 5 heteroatoms. The molecule has 0 radical (unpaired) electrons. The molecule has 1 heterocycles. The predicted molar refractivity (Wildman–Crippen MR) is 83.9 cm³/mol. The van der Waals surface area contributed by atoms with Crippen LogP contribution < -0.4 is 5.73 Å². The van der Waals surface area contributed by atoms with E-state index in [-0.39, 0.29) is 5.84 Å². The molecule has 0 saturated carbocycles. The minimum absolute atomic E-state index is 0.129. The van der Waals surface area contributed by atoms with Crippen molar-refractivity contribution >= 4 is 5.84 Å². The van der Waals surface area contributed by atoms with E-state index in [2.05, 4.69) is 31.0 Å². The first-order chi connectivity index (χ1) is 9.97. The van der Waals surface area contributed by atoms with Gasteiger partial charge in [-0.15, -0.1) is 0 Å². The number of nitrogens with two attached hydrogens (primary N) is 1. The molecule has 1 aromatic carbocycles. The molecule has 5 nitrogen and oxygen atoms in total. The molecule has 0 amide bonds. The minimum Gasteiger partial charge on any atom is -0.409 e. The van der Waals surface area contributed by atoms with E-state index in [0.717, 1.165) is 29.8 Å². The van der Waals surface area contributed by atoms with Crippen LogP contribution in [-0.4, -0.2) is 20.8 Å². The van der Waals surface area contributed by atoms with Gasteiger partial charge in [-0.1, -0.05) is 24.2 Å². The van der Waals surface area contributed by atoms with E-state index in [0.29, 0.717) is 0 Å². The van der Waals surface area contributed by atoms with E-state index in [1.807, 2.05) is 29.8 Å². The summed E-state index contributed by atoms with van der Waals surface area (Å²) in [5, 5.41) is 16.4. The lowest BCUT2D eigenvalue weighted by atomic mass is 10.0. The maximum absolute atomic E-state index is 8.73. The Bertz CT molecular complexity index is 686. The monoisotopic (exact) mass is 286 g/mol. The molecule has 0 aliphatic carbocycles. The Balaban J connectivity index is 2.32. The first kappa shape index (κ1) is 15.1. The average molecular weight is 286 g/mol. The van der Waals surface area contributed by atoms with Crippen LogP contribution in [0.4, 0.5) is 0 Å². The molecule has 112 valence electrons. The molecule has 0 spiro atoms. The van der Waals surface area contributed by atoms with E-state index >= 15 is 0 Å². The molecular weight excluding hydrogens is 264 g/mol. The molecule has 21 heavy (non-hydrogen) atoms. The van der Waals surface area contributed by atoms with Crippen LogP contribution in [0, 0.1) is 20.8 Å². The van der Waals surface area contributed by atoms with Gasteiger partial charge in [-0.2, -0.15) is 5.10 Å². The quantitative estimate of drug-likeness (QED) is 0.392. The highest BCUT2D eigenvalue weighted by Crippen LogP contribution is 2.17. The summed E-state index contributed by atoms with van der Waals surface area (Å²) in [4.78, 5) is 0. The van der Waals surface area contributed by atoms with Crippen molar-refractivity contribution in [2.45, 2.75) is 40.7 Å². The maximum Gasteiger partial charge on any atom is 0.170 e. The highest BCUT2D eigenvalue weighted by atomic mass is 16.4. The lowest BCUT2D eigenvalue weighted by Gasteiger charge is -2.10. The molecule has 2 rings (SSSR count). The molecule has 0 fully saturated rings. The molecule has 0 aliphatic rings. The van der Waals surface area contributed by atoms with Gasteiger partial charge < -0.3 is 10.9 Å². The third-order valence-electron chi connectivity index (χ3n) is 3.95. The topological polar surface area (TPSA) is 76.4 Å². The Morgan fingerprint density at radius 2 is 2.05 bits per heavy atom. The predicted octanol–water partition coefficient (Wildman–Crippen LogP) is 2.51. The van der Waals surface area contributed by atoms with Crippen LogP contribution in [0.1, 0.15) is 40.6 Å². The molecule has 3 N–H and O–H groups in total. The summed E-state index contributed by atoms with van der Waals surface area (Å²) in [5.41, 5.74) is 12.3. The van der Waals surface area contributed by atoms with E-state index in [1.54, 1.807) is 0 Å². The zero-order chi connectivity index (χ0) is 15.6. The Morgan fingerprint density at radius 1 is 1.33 bits per heavy atom. The van der Waals surface area contributed by atoms with Crippen LogP contribution in [0.3, 0.4) is 0 Å². The molecule has 0 atom stereocenters. The maximum atomic E-state index is 8.73. The number of aromatic nitrogens is 2. The lowest BCUT2D eigenvalue weighted by molar-refractivity contribution is 0.318. The van der Waals surface area contributed by atoms with Crippen molar-refractivity contribution in [1.82, 2.24) is 9.78 Å². The van der Waals surface area contributed by atoms with Gasteiger partial charge in [0.15, 0.2) is 5.84 Å². The highest BCUT2D eigenvalue weighted by molar-refractivity contribution is 5.97. The second-order valence-electron chi connectivity index (χ2n) is 5.29. The largest absolute Gasteiger partial charge is 0.409 e. The van der Waals surface area contributed by atoms with Crippen LogP contribution in [0.25, 0.3) is 0 Å². The van der Waals surface area contributed by atoms with Crippen LogP contribution in [0.5, 0.6) is 0 Å². The van der Waals surface area contributed by atoms with Gasteiger partial charge >= 0.3 is 0 Å². The summed E-state index contributed by atoms with van der Waals surface area (Å²) in [6, 6.07) is 5.80. The molecule has 0 aliphatic heterocycles. The summed E-state index contributed by atoms with van der Waals surface area (Å²) in [6.07, 6.45) is 0.999. The molecule has 0 bridgehead atoms. The van der Waals surface area contributed by atoms with E-state index in [4.69, 9.17) is 10.9 Å². The van der Waals surface area contributed by atoms with Crippen LogP contribution in [0.15, 0.2) is 23.4 Å². The Kier molecular flexibility index (Phi) is 4.31. The van der Waals surface area contributed by atoms with Crippen LogP contribution in [0.2, 0.25) is 0 Å². The molecular formula is C16H22N4O. The number of aryl methyl sites for hydroxylation is 2. The van der Waals surface area contributed by atoms with E-state index in [1.165, 1.54) is 16.8 Å². The Labute approximate surface area is 125 Å². The summed E-state index contributed by atoms with van der Waals surface area (Å²) in [7, 11) is 0. The standard InChI is InChI=1S/C16H22N4O/c1-5-15-11(3)18-20(12(15)4)9-14-7-6-13(8-10(14)2)16(17)19-21/h6-8,21H,5,9H2,1-4H3,(H2,17,19). The normalized spacial score (nSPS) is 11.9. The van der Waals surface area contributed by atoms with Gasteiger partial charge in [0.1, 0.15) is 0 Å². The van der Waals surface area contributed by atoms with Gasteiger partial charge in [0.25, 0.3) is 0 Å². The van der Waals surface area contributed by atoms with Crippen molar-refractivity contribution < 1.29 is 5.21 Å². The fourth-order valence-corrected chi connectivity index (χ4v) is 2.65. The van der Waals surface area contributed by atoms with Crippen LogP contribution >= 0.6 is 0 Å². The van der Waals surface area contributed by atoms with Gasteiger partial charge in [0.2, 0.25) is 0 Å². The smallest absolute Gasteiger partial charge is 0.170 e. The number of oxime groups is 1. The minimum atomic E-state index is 0.129. The van der Waals surface area contributed by atoms with Gasteiger partial charge in [-0.05, 0) is 49.9 Å². The zero-order valence-corrected chi connectivity index (χ0v) is 13.0. The third-order valence-corrected chi connectivity index (χ3v) is 3.95. The van der Waals surface area contributed by atoms with Crippen LogP contribution in [-0.2, 0) is 13.0 Å². The first-order valence-electron chi connectivity index (χ1n) is 7.08. The average Bonchev–Trinajstić information content (AvgIpc) is 2.74. The third kappa shape index (κ3) is 2.91.